The number of hydrogen-bond donors (Lipinski definition) is 2. The van der Waals surface area contributed by atoms with Crippen molar-refractivity contribution in [2.75, 3.05) is 69.7 Å². The maximum atomic E-state index is 11.8. The standard InChI is InChI=1S/C22H28N8O3S.C2H6/c1-14-16(12-28-2-4-29(5-3-28)17(32)13-31)34-19-18(14)26-20(15-10-24-22(23)25-11-15)27-21(19)30-6-8-33-9-7-30;1-2/h10-11,31H,2-9,12-13H2,1H3,(H2,23,24,25);1-2H3. The van der Waals surface area contributed by atoms with Gasteiger partial charge in [0.1, 0.15) is 6.61 Å². The van der Waals surface area contributed by atoms with Crippen molar-refractivity contribution in [3.63, 3.8) is 0 Å². The molecule has 3 aromatic heterocycles. The van der Waals surface area contributed by atoms with E-state index in [-0.39, 0.29) is 11.9 Å². The zero-order chi connectivity index (χ0) is 25.7. The van der Waals surface area contributed by atoms with Crippen molar-refractivity contribution >= 4 is 39.2 Å². The van der Waals surface area contributed by atoms with E-state index in [0.717, 1.165) is 59.9 Å². The van der Waals surface area contributed by atoms with Crippen LogP contribution in [-0.2, 0) is 16.1 Å². The molecule has 12 heteroatoms. The Morgan fingerprint density at radius 3 is 2.39 bits per heavy atom. The van der Waals surface area contributed by atoms with Crippen LogP contribution >= 0.6 is 11.3 Å². The van der Waals surface area contributed by atoms with Crippen molar-refractivity contribution in [1.29, 1.82) is 0 Å². The van der Waals surface area contributed by atoms with Gasteiger partial charge < -0.3 is 25.4 Å². The number of aromatic nitrogens is 4. The minimum absolute atomic E-state index is 0.206. The fourth-order valence-corrected chi connectivity index (χ4v) is 5.60. The van der Waals surface area contributed by atoms with Gasteiger partial charge in [-0.2, -0.15) is 0 Å². The number of nitrogens with zero attached hydrogens (tertiary/aromatic N) is 7. The molecule has 11 nitrogen and oxygen atoms in total. The van der Waals surface area contributed by atoms with Gasteiger partial charge in [-0.3, -0.25) is 9.69 Å². The predicted molar refractivity (Wildman–Crippen MR) is 141 cm³/mol. The monoisotopic (exact) mass is 514 g/mol. The predicted octanol–water partition coefficient (Wildman–Crippen LogP) is 1.54. The van der Waals surface area contributed by atoms with Crippen LogP contribution in [0.1, 0.15) is 24.3 Å². The van der Waals surface area contributed by atoms with E-state index in [0.29, 0.717) is 32.1 Å². The summed E-state index contributed by atoms with van der Waals surface area (Å²) in [6.45, 7) is 12.2. The van der Waals surface area contributed by atoms with Gasteiger partial charge in [-0.25, -0.2) is 19.9 Å². The van der Waals surface area contributed by atoms with Gasteiger partial charge >= 0.3 is 0 Å². The van der Waals surface area contributed by atoms with Gasteiger partial charge in [0, 0.05) is 63.1 Å². The van der Waals surface area contributed by atoms with Gasteiger partial charge in [0.2, 0.25) is 11.9 Å². The van der Waals surface area contributed by atoms with Gasteiger partial charge in [-0.15, -0.1) is 11.3 Å². The molecule has 0 atom stereocenters. The highest BCUT2D eigenvalue weighted by Gasteiger charge is 2.25. The number of hydrogen-bond acceptors (Lipinski definition) is 11. The number of aryl methyl sites for hydroxylation is 1. The molecule has 3 N–H and O–H groups in total. The van der Waals surface area contributed by atoms with E-state index in [9.17, 15) is 4.79 Å². The van der Waals surface area contributed by atoms with Crippen LogP contribution in [0.25, 0.3) is 21.6 Å². The van der Waals surface area contributed by atoms with E-state index in [1.165, 1.54) is 4.88 Å². The molecule has 2 aliphatic heterocycles. The second kappa shape index (κ2) is 11.9. The Bertz CT molecular complexity index is 1170. The Morgan fingerprint density at radius 2 is 1.75 bits per heavy atom. The maximum Gasteiger partial charge on any atom is 0.248 e. The number of anilines is 2. The van der Waals surface area contributed by atoms with E-state index < -0.39 is 6.61 Å². The number of ether oxygens (including phenoxy) is 1. The second-order valence-electron chi connectivity index (χ2n) is 8.44. The van der Waals surface area contributed by atoms with Crippen LogP contribution < -0.4 is 10.6 Å². The molecule has 194 valence electrons. The molecule has 5 rings (SSSR count). The normalized spacial score (nSPS) is 16.7. The SMILES string of the molecule is CC.Cc1c(CN2CCN(C(=O)CO)CC2)sc2c(N3CCOCC3)nc(-c3cnc(N)nc3)nc12. The summed E-state index contributed by atoms with van der Waals surface area (Å²) >= 11 is 1.73. The number of nitrogens with two attached hydrogens (primary N) is 1. The number of amides is 1. The highest BCUT2D eigenvalue weighted by atomic mass is 32.1. The first-order valence-electron chi connectivity index (χ1n) is 12.3. The van der Waals surface area contributed by atoms with E-state index in [1.54, 1.807) is 28.6 Å². The number of rotatable bonds is 5. The molecule has 5 heterocycles. The summed E-state index contributed by atoms with van der Waals surface area (Å²) in [7, 11) is 0. The van der Waals surface area contributed by atoms with Crippen molar-refractivity contribution < 1.29 is 14.6 Å². The molecule has 0 spiro atoms. The number of fused-ring (bicyclic) bond motifs is 1. The molecule has 36 heavy (non-hydrogen) atoms. The van der Waals surface area contributed by atoms with Crippen molar-refractivity contribution in [3.8, 4) is 11.4 Å². The highest BCUT2D eigenvalue weighted by molar-refractivity contribution is 7.19. The molecular formula is C24H34N8O3S. The Hall–Kier alpha value is -2.93. The summed E-state index contributed by atoms with van der Waals surface area (Å²) in [5.74, 6) is 1.51. The summed E-state index contributed by atoms with van der Waals surface area (Å²) in [5, 5.41) is 9.12. The molecule has 0 saturated carbocycles. The largest absolute Gasteiger partial charge is 0.387 e. The topological polar surface area (TPSA) is 134 Å². The molecule has 0 aromatic carbocycles. The van der Waals surface area contributed by atoms with Crippen LogP contribution in [-0.4, -0.2) is 99.8 Å². The second-order valence-corrected chi connectivity index (χ2v) is 9.55. The molecule has 1 amide bonds. The maximum absolute atomic E-state index is 11.8. The lowest BCUT2D eigenvalue weighted by Crippen LogP contribution is -2.49. The number of aliphatic hydroxyl groups is 1. The number of piperazine rings is 1. The summed E-state index contributed by atoms with van der Waals surface area (Å²) < 4.78 is 6.63. The van der Waals surface area contributed by atoms with Crippen LogP contribution in [0.2, 0.25) is 0 Å². The van der Waals surface area contributed by atoms with E-state index in [2.05, 4.69) is 26.7 Å². The summed E-state index contributed by atoms with van der Waals surface area (Å²) in [6, 6.07) is 0. The number of aliphatic hydroxyl groups excluding tert-OH is 1. The van der Waals surface area contributed by atoms with Gasteiger partial charge in [0.05, 0.1) is 29.0 Å². The lowest BCUT2D eigenvalue weighted by atomic mass is 10.2. The molecule has 0 radical (unpaired) electrons. The molecule has 0 unspecified atom stereocenters. The highest BCUT2D eigenvalue weighted by Crippen LogP contribution is 2.38. The fraction of sp³-hybridized carbons (Fsp3) is 0.542. The third kappa shape index (κ3) is 5.56. The smallest absolute Gasteiger partial charge is 0.248 e. The summed E-state index contributed by atoms with van der Waals surface area (Å²) in [6.07, 6.45) is 3.31. The van der Waals surface area contributed by atoms with Crippen molar-refractivity contribution in [2.45, 2.75) is 27.3 Å². The summed E-state index contributed by atoms with van der Waals surface area (Å²) in [4.78, 5) is 37.4. The first-order chi connectivity index (χ1) is 17.5. The number of carbonyl (C=O) groups excluding carboxylic acids is 1. The molecule has 2 saturated heterocycles. The summed E-state index contributed by atoms with van der Waals surface area (Å²) in [5.41, 5.74) is 8.48. The van der Waals surface area contributed by atoms with Gasteiger partial charge in [-0.05, 0) is 12.5 Å². The molecule has 0 aliphatic carbocycles. The molecule has 2 fully saturated rings. The minimum atomic E-state index is -0.431. The number of morpholine rings is 1. The van der Waals surface area contributed by atoms with Crippen LogP contribution in [0.4, 0.5) is 11.8 Å². The van der Waals surface area contributed by atoms with Crippen molar-refractivity contribution in [2.24, 2.45) is 0 Å². The Balaban J connectivity index is 0.00000148. The zero-order valence-corrected chi connectivity index (χ0v) is 21.9. The van der Waals surface area contributed by atoms with Crippen LogP contribution in [0.5, 0.6) is 0 Å². The fourth-order valence-electron chi connectivity index (χ4n) is 4.30. The van der Waals surface area contributed by atoms with Gasteiger partial charge in [0.25, 0.3) is 0 Å². The van der Waals surface area contributed by atoms with Crippen LogP contribution in [0, 0.1) is 6.92 Å². The zero-order valence-electron chi connectivity index (χ0n) is 21.1. The first kappa shape index (κ1) is 26.1. The Labute approximate surface area is 214 Å². The van der Waals surface area contributed by atoms with E-state index in [4.69, 9.17) is 25.5 Å². The first-order valence-corrected chi connectivity index (χ1v) is 13.2. The third-order valence-corrected chi connectivity index (χ3v) is 7.58. The molecular weight excluding hydrogens is 480 g/mol. The minimum Gasteiger partial charge on any atom is -0.387 e. The van der Waals surface area contributed by atoms with Gasteiger partial charge in [-0.1, -0.05) is 13.8 Å². The molecule has 3 aromatic rings. The lowest BCUT2D eigenvalue weighted by Gasteiger charge is -2.34. The van der Waals surface area contributed by atoms with Gasteiger partial charge in [0.15, 0.2) is 11.6 Å². The average molecular weight is 515 g/mol. The van der Waals surface area contributed by atoms with Crippen LogP contribution in [0.3, 0.4) is 0 Å². The Kier molecular flexibility index (Phi) is 8.62. The lowest BCUT2D eigenvalue weighted by molar-refractivity contribution is -0.135. The Morgan fingerprint density at radius 1 is 1.08 bits per heavy atom. The number of thiophene rings is 1. The van der Waals surface area contributed by atoms with Crippen molar-refractivity contribution in [1.82, 2.24) is 29.7 Å². The molecule has 0 bridgehead atoms. The number of carbonyl (C=O) groups is 1. The number of nitrogen functional groups attached to an aromatic ring is 1. The third-order valence-electron chi connectivity index (χ3n) is 6.31. The molecule has 2 aliphatic rings. The van der Waals surface area contributed by atoms with Crippen LogP contribution in [0.15, 0.2) is 12.4 Å². The van der Waals surface area contributed by atoms with E-state index in [1.807, 2.05) is 13.8 Å². The quantitative estimate of drug-likeness (QED) is 0.516. The van der Waals surface area contributed by atoms with E-state index >= 15 is 0 Å². The van der Waals surface area contributed by atoms with Crippen molar-refractivity contribution in [3.05, 3.63) is 22.8 Å². The average Bonchev–Trinajstić information content (AvgIpc) is 3.25.